The van der Waals surface area contributed by atoms with E-state index in [-0.39, 0.29) is 18.0 Å². The fourth-order valence-corrected chi connectivity index (χ4v) is 4.15. The van der Waals surface area contributed by atoms with Gasteiger partial charge in [-0.25, -0.2) is 4.79 Å². The van der Waals surface area contributed by atoms with E-state index in [2.05, 4.69) is 16.0 Å². The molecule has 1 unspecified atom stereocenters. The van der Waals surface area contributed by atoms with Crippen LogP contribution in [0.3, 0.4) is 0 Å². The van der Waals surface area contributed by atoms with Crippen molar-refractivity contribution in [1.82, 2.24) is 5.32 Å². The van der Waals surface area contributed by atoms with Gasteiger partial charge in [-0.3, -0.25) is 9.79 Å². The maximum Gasteiger partial charge on any atom is 0.416 e. The number of alkyl halides is 3. The van der Waals surface area contributed by atoms with Gasteiger partial charge in [0.15, 0.2) is 0 Å². The zero-order valence-corrected chi connectivity index (χ0v) is 22.7. The highest BCUT2D eigenvalue weighted by molar-refractivity contribution is 6.31. The van der Waals surface area contributed by atoms with Gasteiger partial charge < -0.3 is 16.0 Å². The van der Waals surface area contributed by atoms with Crippen molar-refractivity contribution in [3.8, 4) is 0 Å². The molecule has 0 fully saturated rings. The summed E-state index contributed by atoms with van der Waals surface area (Å²) in [6.45, 7) is 7.31. The van der Waals surface area contributed by atoms with Crippen molar-refractivity contribution in [2.45, 2.75) is 51.9 Å². The summed E-state index contributed by atoms with van der Waals surface area (Å²) in [6, 6.07) is 16.2. The molecule has 0 aliphatic rings. The van der Waals surface area contributed by atoms with Gasteiger partial charge in [-0.1, -0.05) is 41.9 Å². The van der Waals surface area contributed by atoms with Crippen LogP contribution in [0.2, 0.25) is 5.02 Å². The Hall–Kier alpha value is -3.85. The first-order valence-electron chi connectivity index (χ1n) is 12.2. The van der Waals surface area contributed by atoms with Crippen LogP contribution >= 0.6 is 11.6 Å². The van der Waals surface area contributed by atoms with Crippen molar-refractivity contribution in [3.63, 3.8) is 0 Å². The second-order valence-corrected chi connectivity index (χ2v) is 10.5. The molecule has 0 bridgehead atoms. The summed E-state index contributed by atoms with van der Waals surface area (Å²) in [5.41, 5.74) is 1.50. The summed E-state index contributed by atoms with van der Waals surface area (Å²) in [5, 5.41) is 8.60. The van der Waals surface area contributed by atoms with Gasteiger partial charge in [0.2, 0.25) is 6.41 Å². The molecule has 0 spiro atoms. The first-order chi connectivity index (χ1) is 18.3. The minimum Gasteiger partial charge on any atom is -0.333 e. The Kier molecular flexibility index (Phi) is 9.40. The number of halogens is 4. The molecule has 206 valence electrons. The van der Waals surface area contributed by atoms with Crippen molar-refractivity contribution in [3.05, 3.63) is 94.0 Å². The molecule has 3 aromatic carbocycles. The summed E-state index contributed by atoms with van der Waals surface area (Å²) >= 11 is 6.27. The van der Waals surface area contributed by atoms with E-state index in [0.29, 0.717) is 39.6 Å². The van der Waals surface area contributed by atoms with E-state index < -0.39 is 23.3 Å². The third-order valence-corrected chi connectivity index (χ3v) is 5.78. The Labute approximate surface area is 230 Å². The summed E-state index contributed by atoms with van der Waals surface area (Å²) in [5.74, 6) is 0. The van der Waals surface area contributed by atoms with Crippen LogP contribution in [0.4, 0.5) is 29.3 Å². The van der Waals surface area contributed by atoms with Gasteiger partial charge in [-0.2, -0.15) is 13.2 Å². The van der Waals surface area contributed by atoms with Crippen LogP contribution in [0.25, 0.3) is 0 Å². The quantitative estimate of drug-likeness (QED) is 0.200. The van der Waals surface area contributed by atoms with Crippen LogP contribution in [0.15, 0.2) is 71.7 Å². The second-order valence-electron chi connectivity index (χ2n) is 10.0. The molecule has 0 aliphatic carbocycles. The van der Waals surface area contributed by atoms with E-state index >= 15 is 0 Å². The van der Waals surface area contributed by atoms with Gasteiger partial charge in [-0.15, -0.1) is 0 Å². The summed E-state index contributed by atoms with van der Waals surface area (Å²) in [7, 11) is 0. The van der Waals surface area contributed by atoms with Crippen LogP contribution in [0.1, 0.15) is 49.9 Å². The van der Waals surface area contributed by atoms with Crippen molar-refractivity contribution in [2.75, 3.05) is 10.6 Å². The van der Waals surface area contributed by atoms with Crippen molar-refractivity contribution in [2.24, 2.45) is 4.99 Å². The number of rotatable bonds is 8. The lowest BCUT2D eigenvalue weighted by Crippen LogP contribution is -2.43. The SMILES string of the molecule is CC(Cc1ccccc1C(F)(F)F)/N=C(/c1ccc(NC(=O)NC(C)(C)C)cc1)c1cc(Cl)ccc1NC=O. The highest BCUT2D eigenvalue weighted by Gasteiger charge is 2.33. The van der Waals surface area contributed by atoms with Crippen LogP contribution in [-0.2, 0) is 17.4 Å². The predicted molar refractivity (Wildman–Crippen MR) is 150 cm³/mol. The number of carbonyl (C=O) groups excluding carboxylic acids is 2. The van der Waals surface area contributed by atoms with E-state index in [9.17, 15) is 22.8 Å². The topological polar surface area (TPSA) is 82.6 Å². The van der Waals surface area contributed by atoms with Crippen molar-refractivity contribution in [1.29, 1.82) is 0 Å². The molecule has 0 aliphatic heterocycles. The molecule has 0 aromatic heterocycles. The molecule has 3 amide bonds. The maximum atomic E-state index is 13.6. The first-order valence-corrected chi connectivity index (χ1v) is 12.6. The molecule has 0 radical (unpaired) electrons. The summed E-state index contributed by atoms with van der Waals surface area (Å²) in [4.78, 5) is 28.3. The highest BCUT2D eigenvalue weighted by atomic mass is 35.5. The van der Waals surface area contributed by atoms with E-state index in [4.69, 9.17) is 16.6 Å². The predicted octanol–water partition coefficient (Wildman–Crippen LogP) is 7.32. The maximum absolute atomic E-state index is 13.6. The molecule has 3 aromatic rings. The fourth-order valence-electron chi connectivity index (χ4n) is 3.97. The number of benzene rings is 3. The largest absolute Gasteiger partial charge is 0.416 e. The molecule has 6 nitrogen and oxygen atoms in total. The molecule has 0 heterocycles. The molecule has 10 heteroatoms. The third kappa shape index (κ3) is 8.58. The van der Waals surface area contributed by atoms with Crippen molar-refractivity contribution < 1.29 is 22.8 Å². The lowest BCUT2D eigenvalue weighted by atomic mass is 9.98. The van der Waals surface area contributed by atoms with Crippen LogP contribution in [-0.4, -0.2) is 29.7 Å². The number of amides is 3. The average molecular weight is 559 g/mol. The molecular weight excluding hydrogens is 529 g/mol. The standard InChI is InChI=1S/C29H30ClF3N4O2/c1-18(15-20-7-5-6-8-24(20)29(31,32)33)35-26(23-16-21(30)11-14-25(23)34-17-38)19-9-12-22(13-10-19)36-27(39)37-28(2,3)4/h5-14,16-18H,15H2,1-4H3,(H,34,38)(H2,36,37,39)/b35-26-. The Balaban J connectivity index is 2.02. The normalized spacial score (nSPS) is 13.0. The Bertz CT molecular complexity index is 1350. The Morgan fingerprint density at radius 2 is 1.69 bits per heavy atom. The third-order valence-electron chi connectivity index (χ3n) is 5.54. The average Bonchev–Trinajstić information content (AvgIpc) is 2.83. The number of urea groups is 1. The minimum atomic E-state index is -4.49. The Morgan fingerprint density at radius 1 is 1.03 bits per heavy atom. The molecule has 3 N–H and O–H groups in total. The molecule has 0 saturated carbocycles. The molecule has 3 rings (SSSR count). The van der Waals surface area contributed by atoms with Gasteiger partial charge >= 0.3 is 12.2 Å². The van der Waals surface area contributed by atoms with Gasteiger partial charge in [0.25, 0.3) is 0 Å². The molecule has 0 saturated heterocycles. The number of carbonyl (C=O) groups is 2. The van der Waals surface area contributed by atoms with E-state index in [1.807, 2.05) is 20.8 Å². The number of hydrogen-bond acceptors (Lipinski definition) is 3. The minimum absolute atomic E-state index is 0.0306. The number of anilines is 2. The molecular formula is C29H30ClF3N4O2. The monoisotopic (exact) mass is 558 g/mol. The summed E-state index contributed by atoms with van der Waals surface area (Å²) < 4.78 is 40.7. The van der Waals surface area contributed by atoms with Crippen LogP contribution in [0.5, 0.6) is 0 Å². The van der Waals surface area contributed by atoms with Gasteiger partial charge in [0.05, 0.1) is 23.0 Å². The van der Waals surface area contributed by atoms with Gasteiger partial charge in [-0.05, 0) is 76.1 Å². The van der Waals surface area contributed by atoms with Crippen LogP contribution in [0, 0.1) is 0 Å². The molecule has 39 heavy (non-hydrogen) atoms. The summed E-state index contributed by atoms with van der Waals surface area (Å²) in [6.07, 6.45) is -3.93. The van der Waals surface area contributed by atoms with E-state index in [1.54, 1.807) is 55.5 Å². The highest BCUT2D eigenvalue weighted by Crippen LogP contribution is 2.33. The van der Waals surface area contributed by atoms with Gasteiger partial charge in [0.1, 0.15) is 0 Å². The number of nitrogens with one attached hydrogen (secondary N) is 3. The second kappa shape index (κ2) is 12.3. The number of aliphatic imine (C=N–C) groups is 1. The van der Waals surface area contributed by atoms with E-state index in [1.165, 1.54) is 12.1 Å². The zero-order chi connectivity index (χ0) is 28.8. The molecule has 1 atom stereocenters. The number of hydrogen-bond donors (Lipinski definition) is 3. The lowest BCUT2D eigenvalue weighted by molar-refractivity contribution is -0.138. The van der Waals surface area contributed by atoms with E-state index in [0.717, 1.165) is 6.07 Å². The van der Waals surface area contributed by atoms with Crippen LogP contribution < -0.4 is 16.0 Å². The number of nitrogens with zero attached hydrogens (tertiary/aromatic N) is 1. The van der Waals surface area contributed by atoms with Gasteiger partial charge in [0, 0.05) is 27.4 Å². The zero-order valence-electron chi connectivity index (χ0n) is 22.0. The van der Waals surface area contributed by atoms with Crippen molar-refractivity contribution >= 4 is 41.1 Å². The lowest BCUT2D eigenvalue weighted by Gasteiger charge is -2.21. The smallest absolute Gasteiger partial charge is 0.333 e. The Morgan fingerprint density at radius 3 is 2.31 bits per heavy atom. The first kappa shape index (κ1) is 29.7. The fraction of sp³-hybridized carbons (Fsp3) is 0.276.